The van der Waals surface area contributed by atoms with E-state index in [1.807, 2.05) is 30.3 Å². The largest absolute Gasteiger partial charge is 0.226 e. The molecule has 29 heavy (non-hydrogen) atoms. The quantitative estimate of drug-likeness (QED) is 0.306. The SMILES string of the molecule is Clc1nc(-c2ccccc2)nc(-c2cc3cccc4ccc5cccc2c5c43)n1. The highest BCUT2D eigenvalue weighted by atomic mass is 35.5. The van der Waals surface area contributed by atoms with Gasteiger partial charge in [-0.1, -0.05) is 78.9 Å². The Kier molecular flexibility index (Phi) is 3.52. The van der Waals surface area contributed by atoms with Crippen molar-refractivity contribution in [2.75, 3.05) is 0 Å². The minimum absolute atomic E-state index is 0.194. The van der Waals surface area contributed by atoms with Crippen molar-refractivity contribution < 1.29 is 0 Å². The molecular formula is C25H14ClN3. The van der Waals surface area contributed by atoms with Crippen molar-refractivity contribution in [1.29, 1.82) is 0 Å². The third-order valence-corrected chi connectivity index (χ3v) is 5.56. The van der Waals surface area contributed by atoms with E-state index in [1.54, 1.807) is 0 Å². The molecule has 0 saturated carbocycles. The zero-order valence-corrected chi connectivity index (χ0v) is 16.1. The van der Waals surface area contributed by atoms with Crippen molar-refractivity contribution >= 4 is 43.9 Å². The van der Waals surface area contributed by atoms with Gasteiger partial charge in [0, 0.05) is 11.1 Å². The molecule has 6 aromatic rings. The predicted octanol–water partition coefficient (Wildman–Crippen LogP) is 6.76. The van der Waals surface area contributed by atoms with Crippen molar-refractivity contribution in [2.24, 2.45) is 0 Å². The Balaban J connectivity index is 1.71. The van der Waals surface area contributed by atoms with Crippen LogP contribution in [0.5, 0.6) is 0 Å². The molecule has 0 aliphatic heterocycles. The first kappa shape index (κ1) is 16.4. The van der Waals surface area contributed by atoms with Crippen LogP contribution in [0.1, 0.15) is 0 Å². The van der Waals surface area contributed by atoms with Gasteiger partial charge in [0.2, 0.25) is 5.28 Å². The molecule has 0 spiro atoms. The molecule has 0 unspecified atom stereocenters. The molecule has 0 atom stereocenters. The minimum Gasteiger partial charge on any atom is -0.208 e. The lowest BCUT2D eigenvalue weighted by Gasteiger charge is -2.14. The van der Waals surface area contributed by atoms with E-state index >= 15 is 0 Å². The van der Waals surface area contributed by atoms with Gasteiger partial charge in [0.05, 0.1) is 0 Å². The second-order valence-electron chi connectivity index (χ2n) is 7.09. The molecule has 4 heteroatoms. The average Bonchev–Trinajstić information content (AvgIpc) is 2.77. The summed E-state index contributed by atoms with van der Waals surface area (Å²) in [5, 5.41) is 7.42. The summed E-state index contributed by atoms with van der Waals surface area (Å²) in [5.41, 5.74) is 1.87. The van der Waals surface area contributed by atoms with Gasteiger partial charge in [0.25, 0.3) is 0 Å². The smallest absolute Gasteiger partial charge is 0.208 e. The summed E-state index contributed by atoms with van der Waals surface area (Å²) in [4.78, 5) is 13.6. The monoisotopic (exact) mass is 391 g/mol. The van der Waals surface area contributed by atoms with Gasteiger partial charge in [-0.05, 0) is 50.0 Å². The van der Waals surface area contributed by atoms with E-state index in [0.29, 0.717) is 11.6 Å². The lowest BCUT2D eigenvalue weighted by atomic mass is 9.91. The zero-order chi connectivity index (χ0) is 19.4. The van der Waals surface area contributed by atoms with Crippen molar-refractivity contribution in [3.8, 4) is 22.8 Å². The highest BCUT2D eigenvalue weighted by Crippen LogP contribution is 2.39. The highest BCUT2D eigenvalue weighted by molar-refractivity contribution is 6.29. The summed E-state index contributed by atoms with van der Waals surface area (Å²) >= 11 is 6.31. The summed E-state index contributed by atoms with van der Waals surface area (Å²) in [7, 11) is 0. The van der Waals surface area contributed by atoms with Crippen LogP contribution < -0.4 is 0 Å². The predicted molar refractivity (Wildman–Crippen MR) is 119 cm³/mol. The minimum atomic E-state index is 0.194. The van der Waals surface area contributed by atoms with Crippen LogP contribution in [0.2, 0.25) is 5.28 Å². The molecule has 6 rings (SSSR count). The first-order chi connectivity index (χ1) is 14.3. The lowest BCUT2D eigenvalue weighted by Crippen LogP contribution is -1.98. The second-order valence-corrected chi connectivity index (χ2v) is 7.43. The maximum Gasteiger partial charge on any atom is 0.226 e. The van der Waals surface area contributed by atoms with Crippen LogP contribution in [-0.2, 0) is 0 Å². The first-order valence-corrected chi connectivity index (χ1v) is 9.80. The van der Waals surface area contributed by atoms with Gasteiger partial charge in [0.1, 0.15) is 0 Å². The van der Waals surface area contributed by atoms with Crippen molar-refractivity contribution in [3.05, 3.63) is 90.2 Å². The van der Waals surface area contributed by atoms with Crippen LogP contribution in [0.3, 0.4) is 0 Å². The van der Waals surface area contributed by atoms with Crippen LogP contribution in [0, 0.1) is 0 Å². The fourth-order valence-corrected chi connectivity index (χ4v) is 4.29. The molecule has 3 nitrogen and oxygen atoms in total. The number of aromatic nitrogens is 3. The number of hydrogen-bond acceptors (Lipinski definition) is 3. The molecule has 136 valence electrons. The Bertz CT molecular complexity index is 1510. The fourth-order valence-electron chi connectivity index (χ4n) is 4.13. The number of rotatable bonds is 2. The number of benzene rings is 5. The van der Waals surface area contributed by atoms with E-state index in [2.05, 4.69) is 64.6 Å². The molecule has 0 N–H and O–H groups in total. The Morgan fingerprint density at radius 1 is 0.552 bits per heavy atom. The Morgan fingerprint density at radius 3 is 2.07 bits per heavy atom. The second kappa shape index (κ2) is 6.23. The summed E-state index contributed by atoms with van der Waals surface area (Å²) in [6.45, 7) is 0. The van der Waals surface area contributed by atoms with Crippen molar-refractivity contribution in [1.82, 2.24) is 15.0 Å². The molecule has 0 radical (unpaired) electrons. The standard InChI is InChI=1S/C25H14ClN3/c26-25-28-23(17-6-2-1-3-7-17)27-24(29-25)20-14-18-10-4-8-15-12-13-16-9-5-11-19(20)22(16)21(15)18/h1-14H. The number of halogens is 1. The summed E-state index contributed by atoms with van der Waals surface area (Å²) in [6.07, 6.45) is 0. The highest BCUT2D eigenvalue weighted by Gasteiger charge is 2.16. The topological polar surface area (TPSA) is 38.7 Å². The molecule has 0 saturated heterocycles. The molecule has 0 bridgehead atoms. The third kappa shape index (κ3) is 2.55. The molecule has 0 aliphatic carbocycles. The Labute approximate surface area is 172 Å². The van der Waals surface area contributed by atoms with E-state index in [4.69, 9.17) is 16.6 Å². The van der Waals surface area contributed by atoms with Crippen LogP contribution in [0.4, 0.5) is 0 Å². The van der Waals surface area contributed by atoms with Crippen LogP contribution >= 0.6 is 11.6 Å². The molecule has 0 aliphatic rings. The van der Waals surface area contributed by atoms with Crippen LogP contribution in [0.25, 0.3) is 55.1 Å². The average molecular weight is 392 g/mol. The van der Waals surface area contributed by atoms with Gasteiger partial charge in [-0.3, -0.25) is 0 Å². The molecule has 0 amide bonds. The van der Waals surface area contributed by atoms with Crippen molar-refractivity contribution in [3.63, 3.8) is 0 Å². The molecule has 1 heterocycles. The van der Waals surface area contributed by atoms with Crippen molar-refractivity contribution in [2.45, 2.75) is 0 Å². The maximum absolute atomic E-state index is 6.31. The zero-order valence-electron chi connectivity index (χ0n) is 15.3. The third-order valence-electron chi connectivity index (χ3n) is 5.39. The summed E-state index contributed by atoms with van der Waals surface area (Å²) < 4.78 is 0. The van der Waals surface area contributed by atoms with Gasteiger partial charge in [-0.25, -0.2) is 4.98 Å². The number of hydrogen-bond donors (Lipinski definition) is 0. The van der Waals surface area contributed by atoms with Gasteiger partial charge in [-0.2, -0.15) is 9.97 Å². The number of nitrogens with zero attached hydrogens (tertiary/aromatic N) is 3. The fraction of sp³-hybridized carbons (Fsp3) is 0. The van der Waals surface area contributed by atoms with E-state index in [1.165, 1.54) is 26.9 Å². The van der Waals surface area contributed by atoms with E-state index in [9.17, 15) is 0 Å². The van der Waals surface area contributed by atoms with Gasteiger partial charge in [-0.15, -0.1) is 0 Å². The molecule has 1 aromatic heterocycles. The van der Waals surface area contributed by atoms with Gasteiger partial charge >= 0.3 is 0 Å². The Hall–Kier alpha value is -3.56. The summed E-state index contributed by atoms with van der Waals surface area (Å²) in [5.74, 6) is 1.16. The normalized spacial score (nSPS) is 11.6. The van der Waals surface area contributed by atoms with Crippen LogP contribution in [-0.4, -0.2) is 15.0 Å². The molecular weight excluding hydrogens is 378 g/mol. The Morgan fingerprint density at radius 2 is 1.24 bits per heavy atom. The first-order valence-electron chi connectivity index (χ1n) is 9.42. The van der Waals surface area contributed by atoms with Gasteiger partial charge < -0.3 is 0 Å². The molecule has 5 aromatic carbocycles. The molecule has 0 fully saturated rings. The maximum atomic E-state index is 6.31. The van der Waals surface area contributed by atoms with Gasteiger partial charge in [0.15, 0.2) is 11.6 Å². The summed E-state index contributed by atoms with van der Waals surface area (Å²) in [6, 6.07) is 29.1. The van der Waals surface area contributed by atoms with E-state index < -0.39 is 0 Å². The van der Waals surface area contributed by atoms with Crippen LogP contribution in [0.15, 0.2) is 84.9 Å². The van der Waals surface area contributed by atoms with E-state index in [0.717, 1.165) is 16.5 Å². The lowest BCUT2D eigenvalue weighted by molar-refractivity contribution is 1.07. The van der Waals surface area contributed by atoms with E-state index in [-0.39, 0.29) is 5.28 Å².